The summed E-state index contributed by atoms with van der Waals surface area (Å²) in [4.78, 5) is 20.3. The first-order valence-corrected chi connectivity index (χ1v) is 6.79. The van der Waals surface area contributed by atoms with E-state index in [-0.39, 0.29) is 5.91 Å². The molecule has 0 unspecified atom stereocenters. The molecule has 1 fully saturated rings. The molecule has 1 aliphatic heterocycles. The third kappa shape index (κ3) is 2.15. The molecule has 2 heterocycles. The molecule has 1 amide bonds. The fourth-order valence-corrected chi connectivity index (χ4v) is 2.67. The summed E-state index contributed by atoms with van der Waals surface area (Å²) in [5.41, 5.74) is 8.58. The maximum Gasteiger partial charge on any atom is 0.241 e. The largest absolute Gasteiger partial charge is 0.396 e. The predicted molar refractivity (Wildman–Crippen MR) is 80.6 cm³/mol. The van der Waals surface area contributed by atoms with E-state index < -0.39 is 0 Å². The van der Waals surface area contributed by atoms with Crippen molar-refractivity contribution in [2.24, 2.45) is 0 Å². The van der Waals surface area contributed by atoms with Crippen molar-refractivity contribution in [2.75, 3.05) is 37.3 Å². The first-order valence-electron chi connectivity index (χ1n) is 6.79. The number of fused-ring (bicyclic) bond motifs is 1. The molecule has 5 nitrogen and oxygen atoms in total. The van der Waals surface area contributed by atoms with Crippen molar-refractivity contribution in [3.63, 3.8) is 0 Å². The lowest BCUT2D eigenvalue weighted by molar-refractivity contribution is -0.127. The molecule has 20 heavy (non-hydrogen) atoms. The zero-order valence-electron chi connectivity index (χ0n) is 11.5. The van der Waals surface area contributed by atoms with Gasteiger partial charge in [-0.15, -0.1) is 0 Å². The second-order valence-electron chi connectivity index (χ2n) is 5.17. The molecule has 1 aliphatic rings. The first kappa shape index (κ1) is 12.7. The van der Waals surface area contributed by atoms with Gasteiger partial charge in [-0.25, -0.2) is 0 Å². The number of aromatic nitrogens is 1. The van der Waals surface area contributed by atoms with Gasteiger partial charge in [0.25, 0.3) is 0 Å². The van der Waals surface area contributed by atoms with E-state index in [0.717, 1.165) is 36.1 Å². The van der Waals surface area contributed by atoms with Gasteiger partial charge in [0.15, 0.2) is 0 Å². The van der Waals surface area contributed by atoms with Gasteiger partial charge < -0.3 is 15.5 Å². The highest BCUT2D eigenvalue weighted by Gasteiger charge is 2.22. The molecule has 0 spiro atoms. The van der Waals surface area contributed by atoms with Gasteiger partial charge in [-0.3, -0.25) is 9.78 Å². The maximum absolute atomic E-state index is 12.1. The lowest BCUT2D eigenvalue weighted by Gasteiger charge is -2.24. The van der Waals surface area contributed by atoms with E-state index in [1.807, 2.05) is 31.3 Å². The Morgan fingerprint density at radius 3 is 2.90 bits per heavy atom. The third-order valence-electron chi connectivity index (χ3n) is 3.76. The van der Waals surface area contributed by atoms with Crippen LogP contribution in [0.2, 0.25) is 0 Å². The summed E-state index contributed by atoms with van der Waals surface area (Å²) >= 11 is 0. The Hall–Kier alpha value is -2.30. The van der Waals surface area contributed by atoms with E-state index in [1.165, 1.54) is 0 Å². The predicted octanol–water partition coefficient (Wildman–Crippen LogP) is 1.49. The van der Waals surface area contributed by atoms with Crippen molar-refractivity contribution in [1.82, 2.24) is 9.88 Å². The highest BCUT2D eigenvalue weighted by atomic mass is 16.2. The number of hydrogen-bond acceptors (Lipinski definition) is 4. The molecule has 2 aromatic rings. The summed E-state index contributed by atoms with van der Waals surface area (Å²) in [6.45, 7) is 1.99. The number of para-hydroxylation sites is 1. The fourth-order valence-electron chi connectivity index (χ4n) is 2.67. The van der Waals surface area contributed by atoms with Crippen molar-refractivity contribution in [3.8, 4) is 0 Å². The maximum atomic E-state index is 12.1. The van der Waals surface area contributed by atoms with Crippen molar-refractivity contribution in [2.45, 2.75) is 6.42 Å². The second kappa shape index (κ2) is 5.00. The molecular weight excluding hydrogens is 252 g/mol. The van der Waals surface area contributed by atoms with Gasteiger partial charge in [0, 0.05) is 25.5 Å². The second-order valence-corrected chi connectivity index (χ2v) is 5.17. The molecule has 1 saturated heterocycles. The smallest absolute Gasteiger partial charge is 0.241 e. The average molecular weight is 270 g/mol. The standard InChI is InChI=1S/C15H18N4O/c1-18-7-4-8-19(10-14(18)20)15-11-5-2-3-6-13(11)17-9-12(15)16/h2-3,5-6,9H,4,7-8,10,16H2,1H3. The molecule has 3 rings (SSSR count). The van der Waals surface area contributed by atoms with E-state index in [0.29, 0.717) is 12.2 Å². The Bertz CT molecular complexity index is 655. The number of nitrogens with two attached hydrogens (primary N) is 1. The molecule has 0 atom stereocenters. The topological polar surface area (TPSA) is 62.5 Å². The summed E-state index contributed by atoms with van der Waals surface area (Å²) in [6.07, 6.45) is 2.62. The zero-order valence-corrected chi connectivity index (χ0v) is 11.5. The van der Waals surface area contributed by atoms with Crippen molar-refractivity contribution >= 4 is 28.2 Å². The van der Waals surface area contributed by atoms with E-state index in [9.17, 15) is 4.79 Å². The van der Waals surface area contributed by atoms with E-state index in [4.69, 9.17) is 5.73 Å². The molecule has 0 bridgehead atoms. The summed E-state index contributed by atoms with van der Waals surface area (Å²) in [6, 6.07) is 7.90. The molecule has 0 aliphatic carbocycles. The Labute approximate surface area is 118 Å². The zero-order chi connectivity index (χ0) is 14.1. The van der Waals surface area contributed by atoms with Crippen molar-refractivity contribution < 1.29 is 4.79 Å². The number of anilines is 2. The summed E-state index contributed by atoms with van der Waals surface area (Å²) < 4.78 is 0. The van der Waals surface area contributed by atoms with Gasteiger partial charge in [0.2, 0.25) is 5.91 Å². The molecule has 0 saturated carbocycles. The van der Waals surface area contributed by atoms with Crippen LogP contribution in [-0.2, 0) is 4.79 Å². The van der Waals surface area contributed by atoms with E-state index in [1.54, 1.807) is 11.1 Å². The van der Waals surface area contributed by atoms with E-state index >= 15 is 0 Å². The van der Waals surface area contributed by atoms with Gasteiger partial charge in [-0.1, -0.05) is 18.2 Å². The molecule has 104 valence electrons. The SMILES string of the molecule is CN1CCCN(c2c(N)cnc3ccccc23)CC1=O. The van der Waals surface area contributed by atoms with Gasteiger partial charge in [0.1, 0.15) is 0 Å². The Morgan fingerprint density at radius 1 is 1.25 bits per heavy atom. The Kier molecular flexibility index (Phi) is 3.18. The minimum absolute atomic E-state index is 0.128. The van der Waals surface area contributed by atoms with Crippen LogP contribution in [0.5, 0.6) is 0 Å². The fraction of sp³-hybridized carbons (Fsp3) is 0.333. The van der Waals surface area contributed by atoms with Gasteiger partial charge >= 0.3 is 0 Å². The number of likely N-dealkylation sites (N-methyl/N-ethyl adjacent to an activating group) is 1. The average Bonchev–Trinajstić information content (AvgIpc) is 2.61. The van der Waals surface area contributed by atoms with Crippen LogP contribution in [0.1, 0.15) is 6.42 Å². The van der Waals surface area contributed by atoms with Crippen LogP contribution in [0.3, 0.4) is 0 Å². The monoisotopic (exact) mass is 270 g/mol. The highest BCUT2D eigenvalue weighted by molar-refractivity contribution is 5.99. The number of pyridine rings is 1. The molecule has 2 N–H and O–H groups in total. The van der Waals surface area contributed by atoms with Crippen LogP contribution in [0, 0.1) is 0 Å². The lowest BCUT2D eigenvalue weighted by Crippen LogP contribution is -2.34. The number of nitrogen functional groups attached to an aromatic ring is 1. The number of amides is 1. The summed E-state index contributed by atoms with van der Waals surface area (Å²) in [5.74, 6) is 0.128. The molecule has 1 aromatic carbocycles. The number of benzene rings is 1. The lowest BCUT2D eigenvalue weighted by atomic mass is 10.1. The first-order chi connectivity index (χ1) is 9.66. The summed E-state index contributed by atoms with van der Waals surface area (Å²) in [5, 5.41) is 1.00. The molecule has 5 heteroatoms. The van der Waals surface area contributed by atoms with Crippen molar-refractivity contribution in [3.05, 3.63) is 30.5 Å². The molecular formula is C15H18N4O. The van der Waals surface area contributed by atoms with Gasteiger partial charge in [-0.05, 0) is 12.5 Å². The quantitative estimate of drug-likeness (QED) is 0.852. The van der Waals surface area contributed by atoms with Crippen LogP contribution in [0.25, 0.3) is 10.9 Å². The minimum Gasteiger partial charge on any atom is -0.396 e. The third-order valence-corrected chi connectivity index (χ3v) is 3.76. The van der Waals surface area contributed by atoms with Gasteiger partial charge in [-0.2, -0.15) is 0 Å². The van der Waals surface area contributed by atoms with Crippen molar-refractivity contribution in [1.29, 1.82) is 0 Å². The number of carbonyl (C=O) groups is 1. The normalized spacial score (nSPS) is 16.6. The Morgan fingerprint density at radius 2 is 2.05 bits per heavy atom. The van der Waals surface area contributed by atoms with Gasteiger partial charge in [0.05, 0.1) is 29.6 Å². The van der Waals surface area contributed by atoms with E-state index in [2.05, 4.69) is 9.88 Å². The molecule has 1 aromatic heterocycles. The minimum atomic E-state index is 0.128. The van der Waals surface area contributed by atoms with Crippen LogP contribution < -0.4 is 10.6 Å². The molecule has 0 radical (unpaired) electrons. The summed E-state index contributed by atoms with van der Waals surface area (Å²) in [7, 11) is 1.85. The number of rotatable bonds is 1. The van der Waals surface area contributed by atoms with Crippen LogP contribution in [0.15, 0.2) is 30.5 Å². The number of nitrogens with zero attached hydrogens (tertiary/aromatic N) is 3. The number of carbonyl (C=O) groups excluding carboxylic acids is 1. The Balaban J connectivity index is 2.09. The van der Waals surface area contributed by atoms with Crippen LogP contribution in [0.4, 0.5) is 11.4 Å². The van der Waals surface area contributed by atoms with Crippen LogP contribution >= 0.6 is 0 Å². The highest BCUT2D eigenvalue weighted by Crippen LogP contribution is 2.31. The number of hydrogen-bond donors (Lipinski definition) is 1. The van der Waals surface area contributed by atoms with Crippen LogP contribution in [-0.4, -0.2) is 42.5 Å².